The zero-order valence-electron chi connectivity index (χ0n) is 21.0. The van der Waals surface area contributed by atoms with E-state index in [1.165, 1.54) is 51.4 Å². The second kappa shape index (κ2) is 12.8. The molecule has 0 N–H and O–H groups in total. The van der Waals surface area contributed by atoms with Gasteiger partial charge >= 0.3 is 0 Å². The van der Waals surface area contributed by atoms with Crippen LogP contribution in [-0.2, 0) is 14.3 Å². The van der Waals surface area contributed by atoms with Crippen LogP contribution < -0.4 is 0 Å². The van der Waals surface area contributed by atoms with Gasteiger partial charge in [-0.05, 0) is 64.2 Å². The number of hydrogen-bond acceptors (Lipinski definition) is 3. The minimum Gasteiger partial charge on any atom is -0.378 e. The number of rotatable bonds is 14. The maximum absolute atomic E-state index is 15.7. The molecule has 3 rings (SSSR count). The topological polar surface area (TPSA) is 35.5 Å². The molecule has 186 valence electrons. The predicted molar refractivity (Wildman–Crippen MR) is 129 cm³/mol. The molecule has 2 spiro atoms. The fraction of sp³-hybridized carbons (Fsp3) is 0.964. The van der Waals surface area contributed by atoms with Gasteiger partial charge in [0.25, 0.3) is 0 Å². The SMILES string of the molecule is CCCCCCCOC1CCC2(CC1)C(=O)C1(CCC(OCCCCCCC)CC1)C2F. The first-order valence-electron chi connectivity index (χ1n) is 14.0. The summed E-state index contributed by atoms with van der Waals surface area (Å²) in [5.74, 6) is 0.244. The average molecular weight is 453 g/mol. The van der Waals surface area contributed by atoms with Crippen molar-refractivity contribution in [2.45, 2.75) is 148 Å². The van der Waals surface area contributed by atoms with Crippen LogP contribution in [0.5, 0.6) is 0 Å². The van der Waals surface area contributed by atoms with Gasteiger partial charge in [0.2, 0.25) is 0 Å². The molecule has 32 heavy (non-hydrogen) atoms. The van der Waals surface area contributed by atoms with Crippen molar-refractivity contribution >= 4 is 5.78 Å². The molecule has 0 bridgehead atoms. The van der Waals surface area contributed by atoms with Gasteiger partial charge in [0.15, 0.2) is 5.78 Å². The summed E-state index contributed by atoms with van der Waals surface area (Å²) in [7, 11) is 0. The second-order valence-electron chi connectivity index (χ2n) is 11.0. The van der Waals surface area contributed by atoms with E-state index >= 15 is 4.39 Å². The molecule has 0 aliphatic heterocycles. The summed E-state index contributed by atoms with van der Waals surface area (Å²) >= 11 is 0. The largest absolute Gasteiger partial charge is 0.378 e. The van der Waals surface area contributed by atoms with Crippen LogP contribution in [0.1, 0.15) is 129 Å². The van der Waals surface area contributed by atoms with Crippen molar-refractivity contribution in [3.8, 4) is 0 Å². The highest BCUT2D eigenvalue weighted by molar-refractivity contribution is 5.98. The quantitative estimate of drug-likeness (QED) is 0.253. The molecule has 0 unspecified atom stereocenters. The van der Waals surface area contributed by atoms with E-state index in [0.717, 1.165) is 51.7 Å². The number of ketones is 1. The molecule has 0 radical (unpaired) electrons. The van der Waals surface area contributed by atoms with Crippen LogP contribution in [-0.4, -0.2) is 37.4 Å². The van der Waals surface area contributed by atoms with E-state index in [9.17, 15) is 4.79 Å². The summed E-state index contributed by atoms with van der Waals surface area (Å²) in [6.45, 7) is 6.10. The van der Waals surface area contributed by atoms with Gasteiger partial charge in [-0.2, -0.15) is 0 Å². The number of unbranched alkanes of at least 4 members (excludes halogenated alkanes) is 8. The molecular weight excluding hydrogens is 403 g/mol. The van der Waals surface area contributed by atoms with E-state index in [2.05, 4.69) is 13.8 Å². The highest BCUT2D eigenvalue weighted by Gasteiger charge is 2.71. The molecule has 0 saturated heterocycles. The van der Waals surface area contributed by atoms with Crippen molar-refractivity contribution in [2.24, 2.45) is 10.8 Å². The van der Waals surface area contributed by atoms with Crippen LogP contribution in [0.2, 0.25) is 0 Å². The minimum absolute atomic E-state index is 0.227. The molecule has 3 saturated carbocycles. The molecule has 0 aromatic carbocycles. The van der Waals surface area contributed by atoms with Crippen LogP contribution >= 0.6 is 0 Å². The standard InChI is InChI=1S/C28H49FO3/c1-3-5-7-9-11-21-31-23-13-17-27(18-14-23)25(29)28(26(27)30)19-15-24(16-20-28)32-22-12-10-8-6-4-2/h23-25H,3-22H2,1-2H3. The molecule has 0 heterocycles. The first kappa shape index (κ1) is 26.1. The van der Waals surface area contributed by atoms with E-state index in [-0.39, 0.29) is 18.0 Å². The van der Waals surface area contributed by atoms with Gasteiger partial charge in [0, 0.05) is 13.2 Å². The number of ether oxygens (including phenoxy) is 2. The second-order valence-corrected chi connectivity index (χ2v) is 11.0. The number of Topliss-reactive ketones (excluding diaryl/α,β-unsaturated/α-hetero) is 1. The van der Waals surface area contributed by atoms with Crippen molar-refractivity contribution in [3.05, 3.63) is 0 Å². The molecule has 3 fully saturated rings. The van der Waals surface area contributed by atoms with Gasteiger partial charge in [-0.15, -0.1) is 0 Å². The maximum Gasteiger partial charge on any atom is 0.151 e. The molecule has 0 amide bonds. The summed E-state index contributed by atoms with van der Waals surface area (Å²) in [5.41, 5.74) is -1.37. The summed E-state index contributed by atoms with van der Waals surface area (Å²) < 4.78 is 27.8. The van der Waals surface area contributed by atoms with Gasteiger partial charge in [0.1, 0.15) is 6.17 Å². The monoisotopic (exact) mass is 452 g/mol. The molecular formula is C28H49FO3. The van der Waals surface area contributed by atoms with Gasteiger partial charge in [-0.1, -0.05) is 65.2 Å². The molecule has 0 aromatic rings. The fourth-order valence-corrected chi connectivity index (χ4v) is 6.60. The lowest BCUT2D eigenvalue weighted by molar-refractivity contribution is -0.198. The molecule has 3 aliphatic carbocycles. The van der Waals surface area contributed by atoms with E-state index in [1.54, 1.807) is 0 Å². The Bertz CT molecular complexity index is 501. The van der Waals surface area contributed by atoms with Gasteiger partial charge in [0.05, 0.1) is 23.0 Å². The van der Waals surface area contributed by atoms with Crippen LogP contribution in [0.15, 0.2) is 0 Å². The van der Waals surface area contributed by atoms with Crippen molar-refractivity contribution in [1.82, 2.24) is 0 Å². The molecule has 3 aliphatic rings. The van der Waals surface area contributed by atoms with Gasteiger partial charge in [-0.25, -0.2) is 4.39 Å². The predicted octanol–water partition coefficient (Wildman–Crippen LogP) is 7.74. The number of carbonyl (C=O) groups excluding carboxylic acids is 1. The Morgan fingerprint density at radius 1 is 0.688 bits per heavy atom. The fourth-order valence-electron chi connectivity index (χ4n) is 6.60. The van der Waals surface area contributed by atoms with Crippen molar-refractivity contribution in [3.63, 3.8) is 0 Å². The summed E-state index contributed by atoms with van der Waals surface area (Å²) in [6.07, 6.45) is 18.1. The van der Waals surface area contributed by atoms with Crippen molar-refractivity contribution in [2.75, 3.05) is 13.2 Å². The lowest BCUT2D eigenvalue weighted by atomic mass is 9.42. The van der Waals surface area contributed by atoms with Crippen LogP contribution in [0.3, 0.4) is 0 Å². The third-order valence-corrected chi connectivity index (χ3v) is 8.73. The first-order valence-corrected chi connectivity index (χ1v) is 14.0. The summed E-state index contributed by atoms with van der Waals surface area (Å²) in [6, 6.07) is 0. The zero-order valence-corrected chi connectivity index (χ0v) is 21.0. The van der Waals surface area contributed by atoms with Crippen LogP contribution in [0.25, 0.3) is 0 Å². The Labute approximate surface area is 196 Å². The van der Waals surface area contributed by atoms with Gasteiger partial charge in [-0.3, -0.25) is 4.79 Å². The lowest BCUT2D eigenvalue weighted by Gasteiger charge is -2.61. The summed E-state index contributed by atoms with van der Waals surface area (Å²) in [5, 5.41) is 0. The maximum atomic E-state index is 15.7. The first-order chi connectivity index (χ1) is 15.6. The molecule has 0 aromatic heterocycles. The Hall–Kier alpha value is -0.480. The van der Waals surface area contributed by atoms with Crippen LogP contribution in [0, 0.1) is 10.8 Å². The Morgan fingerprint density at radius 3 is 1.41 bits per heavy atom. The van der Waals surface area contributed by atoms with E-state index in [0.29, 0.717) is 25.7 Å². The molecule has 3 nitrogen and oxygen atoms in total. The molecule has 4 heteroatoms. The Morgan fingerprint density at radius 2 is 1.06 bits per heavy atom. The van der Waals surface area contributed by atoms with Gasteiger partial charge < -0.3 is 9.47 Å². The molecule has 0 atom stereocenters. The Balaban J connectivity index is 1.34. The highest BCUT2D eigenvalue weighted by Crippen LogP contribution is 2.64. The van der Waals surface area contributed by atoms with Crippen molar-refractivity contribution in [1.29, 1.82) is 0 Å². The number of alkyl halides is 1. The zero-order chi connectivity index (χ0) is 22.9. The lowest BCUT2D eigenvalue weighted by Crippen LogP contribution is -2.69. The Kier molecular flexibility index (Phi) is 10.5. The normalized spacial score (nSPS) is 34.8. The number of halogens is 1. The number of carbonyl (C=O) groups is 1. The van der Waals surface area contributed by atoms with E-state index in [4.69, 9.17) is 9.47 Å². The third-order valence-electron chi connectivity index (χ3n) is 8.73. The highest BCUT2D eigenvalue weighted by atomic mass is 19.1. The smallest absolute Gasteiger partial charge is 0.151 e. The summed E-state index contributed by atoms with van der Waals surface area (Å²) in [4.78, 5) is 13.3. The minimum atomic E-state index is -0.951. The van der Waals surface area contributed by atoms with Crippen LogP contribution in [0.4, 0.5) is 4.39 Å². The van der Waals surface area contributed by atoms with Crippen molar-refractivity contribution < 1.29 is 18.7 Å². The van der Waals surface area contributed by atoms with E-state index in [1.807, 2.05) is 0 Å². The van der Waals surface area contributed by atoms with E-state index < -0.39 is 17.0 Å². The average Bonchev–Trinajstić information content (AvgIpc) is 2.83. The number of hydrogen-bond donors (Lipinski definition) is 0. The third kappa shape index (κ3) is 5.95.